The molecule has 8 nitrogen and oxygen atoms in total. The van der Waals surface area contributed by atoms with Gasteiger partial charge in [-0.15, -0.1) is 5.10 Å². The summed E-state index contributed by atoms with van der Waals surface area (Å²) in [6, 6.07) is 8.54. The second-order valence-electron chi connectivity index (χ2n) is 6.87. The lowest BCUT2D eigenvalue weighted by Crippen LogP contribution is -2.28. The number of hydrogen-bond donors (Lipinski definition) is 1. The number of amides is 1. The van der Waals surface area contributed by atoms with Crippen LogP contribution in [0.3, 0.4) is 0 Å². The van der Waals surface area contributed by atoms with Crippen LogP contribution in [0.4, 0.5) is 14.5 Å². The van der Waals surface area contributed by atoms with Crippen molar-refractivity contribution in [3.8, 4) is 5.69 Å². The summed E-state index contributed by atoms with van der Waals surface area (Å²) in [6.07, 6.45) is 1.16. The molecule has 0 spiro atoms. The van der Waals surface area contributed by atoms with E-state index < -0.39 is 23.1 Å². The highest BCUT2D eigenvalue weighted by molar-refractivity contribution is 5.90. The summed E-state index contributed by atoms with van der Waals surface area (Å²) < 4.78 is 29.3. The van der Waals surface area contributed by atoms with Crippen LogP contribution in [0.1, 0.15) is 11.1 Å². The van der Waals surface area contributed by atoms with Crippen molar-refractivity contribution in [3.05, 3.63) is 75.8 Å². The summed E-state index contributed by atoms with van der Waals surface area (Å²) in [6.45, 7) is 3.54. The van der Waals surface area contributed by atoms with Gasteiger partial charge in [-0.2, -0.15) is 4.68 Å². The van der Waals surface area contributed by atoms with Crippen molar-refractivity contribution in [3.63, 3.8) is 0 Å². The second kappa shape index (κ2) is 7.47. The Hall–Kier alpha value is -3.95. The number of aryl methyl sites for hydroxylation is 2. The van der Waals surface area contributed by atoms with E-state index in [9.17, 15) is 18.4 Å². The van der Waals surface area contributed by atoms with Crippen molar-refractivity contribution in [2.24, 2.45) is 0 Å². The molecule has 0 saturated carbocycles. The Balaban J connectivity index is 1.63. The fourth-order valence-corrected chi connectivity index (χ4v) is 3.17. The Morgan fingerprint density at radius 3 is 2.53 bits per heavy atom. The Labute approximate surface area is 168 Å². The molecular formula is C20H16F2N6O2. The van der Waals surface area contributed by atoms with E-state index in [1.54, 1.807) is 0 Å². The number of halogens is 2. The molecule has 0 aliphatic heterocycles. The van der Waals surface area contributed by atoms with Gasteiger partial charge in [-0.3, -0.25) is 14.2 Å². The number of benzene rings is 2. The molecule has 0 saturated heterocycles. The fourth-order valence-electron chi connectivity index (χ4n) is 3.17. The van der Waals surface area contributed by atoms with E-state index in [2.05, 4.69) is 20.6 Å². The third kappa shape index (κ3) is 3.66. The molecule has 30 heavy (non-hydrogen) atoms. The van der Waals surface area contributed by atoms with E-state index in [0.717, 1.165) is 32.8 Å². The summed E-state index contributed by atoms with van der Waals surface area (Å²) in [4.78, 5) is 29.1. The fraction of sp³-hybridized carbons (Fsp3) is 0.150. The van der Waals surface area contributed by atoms with E-state index in [0.29, 0.717) is 11.8 Å². The zero-order valence-corrected chi connectivity index (χ0v) is 16.1. The molecule has 4 rings (SSSR count). The van der Waals surface area contributed by atoms with Crippen molar-refractivity contribution in [1.29, 1.82) is 0 Å². The summed E-state index contributed by atoms with van der Waals surface area (Å²) in [5, 5.41) is 10.2. The average molecular weight is 410 g/mol. The number of nitrogens with one attached hydrogen (secondary N) is 1. The third-order valence-corrected chi connectivity index (χ3v) is 4.39. The second-order valence-corrected chi connectivity index (χ2v) is 6.87. The van der Waals surface area contributed by atoms with E-state index in [1.807, 2.05) is 32.0 Å². The standard InChI is InChI=1S/C20H16F2N6O2/c1-11-5-12(2)7-14(6-11)24-17(29)9-27-10-23-19-18(20(27)30)25-26-28(19)16-4-3-13(21)8-15(16)22/h3-8,10H,9H2,1-2H3,(H,24,29). The minimum absolute atomic E-state index is 0.00326. The number of anilines is 1. The van der Waals surface area contributed by atoms with Crippen LogP contribution in [0.25, 0.3) is 16.9 Å². The average Bonchev–Trinajstić information content (AvgIpc) is 3.08. The maximum absolute atomic E-state index is 14.1. The van der Waals surface area contributed by atoms with Crippen molar-refractivity contribution < 1.29 is 13.6 Å². The maximum atomic E-state index is 14.1. The number of aromatic nitrogens is 5. The Bertz CT molecular complexity index is 1320. The molecule has 2 aromatic carbocycles. The molecule has 1 N–H and O–H groups in total. The van der Waals surface area contributed by atoms with Gasteiger partial charge < -0.3 is 5.32 Å². The van der Waals surface area contributed by atoms with Crippen molar-refractivity contribution in [2.75, 3.05) is 5.32 Å². The van der Waals surface area contributed by atoms with E-state index in [1.165, 1.54) is 6.07 Å². The van der Waals surface area contributed by atoms with Gasteiger partial charge in [0.25, 0.3) is 5.56 Å². The molecule has 4 aromatic rings. The number of fused-ring (bicyclic) bond motifs is 1. The molecule has 1 amide bonds. The van der Waals surface area contributed by atoms with Crippen LogP contribution < -0.4 is 10.9 Å². The Morgan fingerprint density at radius 2 is 1.83 bits per heavy atom. The van der Waals surface area contributed by atoms with Gasteiger partial charge in [-0.05, 0) is 49.2 Å². The molecule has 0 fully saturated rings. The highest BCUT2D eigenvalue weighted by atomic mass is 19.1. The summed E-state index contributed by atoms with van der Waals surface area (Å²) in [7, 11) is 0. The van der Waals surface area contributed by atoms with Crippen LogP contribution in [-0.2, 0) is 11.3 Å². The highest BCUT2D eigenvalue weighted by Crippen LogP contribution is 2.17. The van der Waals surface area contributed by atoms with Gasteiger partial charge in [0.1, 0.15) is 24.4 Å². The minimum Gasteiger partial charge on any atom is -0.325 e. The van der Waals surface area contributed by atoms with Crippen LogP contribution >= 0.6 is 0 Å². The topological polar surface area (TPSA) is 94.7 Å². The molecule has 10 heteroatoms. The van der Waals surface area contributed by atoms with Gasteiger partial charge in [-0.25, -0.2) is 13.8 Å². The van der Waals surface area contributed by atoms with Crippen LogP contribution in [0.5, 0.6) is 0 Å². The van der Waals surface area contributed by atoms with Crippen molar-refractivity contribution in [2.45, 2.75) is 20.4 Å². The molecule has 0 aliphatic carbocycles. The summed E-state index contributed by atoms with van der Waals surface area (Å²) >= 11 is 0. The molecular weight excluding hydrogens is 394 g/mol. The smallest absolute Gasteiger partial charge is 0.284 e. The summed E-state index contributed by atoms with van der Waals surface area (Å²) in [5.74, 6) is -2.04. The third-order valence-electron chi connectivity index (χ3n) is 4.39. The lowest BCUT2D eigenvalue weighted by molar-refractivity contribution is -0.116. The maximum Gasteiger partial charge on any atom is 0.284 e. The van der Waals surface area contributed by atoms with Crippen LogP contribution in [-0.4, -0.2) is 30.5 Å². The van der Waals surface area contributed by atoms with Crippen LogP contribution in [0.2, 0.25) is 0 Å². The zero-order valence-electron chi connectivity index (χ0n) is 16.1. The SMILES string of the molecule is Cc1cc(C)cc(NC(=O)Cn2cnc3c(nnn3-c3ccc(F)cc3F)c2=O)c1. The first kappa shape index (κ1) is 19.4. The van der Waals surface area contributed by atoms with Crippen LogP contribution in [0.15, 0.2) is 47.5 Å². The lowest BCUT2D eigenvalue weighted by atomic mass is 10.1. The monoisotopic (exact) mass is 410 g/mol. The molecule has 152 valence electrons. The first-order valence-electron chi connectivity index (χ1n) is 8.96. The van der Waals surface area contributed by atoms with Gasteiger partial charge in [0, 0.05) is 11.8 Å². The van der Waals surface area contributed by atoms with Gasteiger partial charge in [0.15, 0.2) is 17.0 Å². The van der Waals surface area contributed by atoms with E-state index in [4.69, 9.17) is 0 Å². The molecule has 0 radical (unpaired) electrons. The van der Waals surface area contributed by atoms with Gasteiger partial charge in [-0.1, -0.05) is 11.3 Å². The molecule has 0 bridgehead atoms. The largest absolute Gasteiger partial charge is 0.325 e. The first-order chi connectivity index (χ1) is 14.3. The van der Waals surface area contributed by atoms with E-state index >= 15 is 0 Å². The van der Waals surface area contributed by atoms with E-state index in [-0.39, 0.29) is 23.4 Å². The molecule has 0 atom stereocenters. The molecule has 2 aromatic heterocycles. The predicted molar refractivity (Wildman–Crippen MR) is 105 cm³/mol. The highest BCUT2D eigenvalue weighted by Gasteiger charge is 2.17. The summed E-state index contributed by atoms with van der Waals surface area (Å²) in [5.41, 5.74) is 1.76. The lowest BCUT2D eigenvalue weighted by Gasteiger charge is -2.09. The number of rotatable bonds is 4. The van der Waals surface area contributed by atoms with Crippen LogP contribution in [0, 0.1) is 25.5 Å². The normalized spacial score (nSPS) is 11.1. The number of hydrogen-bond acceptors (Lipinski definition) is 5. The predicted octanol–water partition coefficient (Wildman–Crippen LogP) is 2.51. The minimum atomic E-state index is -0.874. The zero-order chi connectivity index (χ0) is 21.4. The Kier molecular flexibility index (Phi) is 4.82. The molecule has 0 unspecified atom stereocenters. The molecule has 0 aliphatic rings. The number of carbonyl (C=O) groups excluding carboxylic acids is 1. The van der Waals surface area contributed by atoms with Crippen molar-refractivity contribution in [1.82, 2.24) is 24.5 Å². The van der Waals surface area contributed by atoms with Gasteiger partial charge >= 0.3 is 0 Å². The first-order valence-corrected chi connectivity index (χ1v) is 8.96. The quantitative estimate of drug-likeness (QED) is 0.558. The number of nitrogens with zero attached hydrogens (tertiary/aromatic N) is 5. The van der Waals surface area contributed by atoms with Crippen molar-refractivity contribution >= 4 is 22.8 Å². The molecule has 2 heterocycles. The number of carbonyl (C=O) groups is 1. The van der Waals surface area contributed by atoms with Gasteiger partial charge in [0.2, 0.25) is 5.91 Å². The Morgan fingerprint density at radius 1 is 1.10 bits per heavy atom. The van der Waals surface area contributed by atoms with Gasteiger partial charge in [0.05, 0.1) is 0 Å².